The first-order valence-electron chi connectivity index (χ1n) is 17.9. The first-order chi connectivity index (χ1) is 27.5. The third-order valence-corrected chi connectivity index (χ3v) is 11.2. The molecule has 6 rings (SSSR count). The van der Waals surface area contributed by atoms with Gasteiger partial charge in [-0.25, -0.2) is 13.4 Å². The van der Waals surface area contributed by atoms with Crippen LogP contribution in [0, 0.1) is 41.5 Å². The summed E-state index contributed by atoms with van der Waals surface area (Å²) >= 11 is 0. The van der Waals surface area contributed by atoms with Crippen molar-refractivity contribution in [2.75, 3.05) is 10.6 Å². The molecule has 1 aliphatic carbocycles. The van der Waals surface area contributed by atoms with Gasteiger partial charge in [0, 0.05) is 58.2 Å². The van der Waals surface area contributed by atoms with Gasteiger partial charge < -0.3 is 15.1 Å². The van der Waals surface area contributed by atoms with E-state index in [1.54, 1.807) is 43.3 Å². The van der Waals surface area contributed by atoms with E-state index in [1.165, 1.54) is 25.1 Å². The average molecular weight is 838 g/mol. The summed E-state index contributed by atoms with van der Waals surface area (Å²) in [7, 11) is -6.86. The van der Waals surface area contributed by atoms with Crippen LogP contribution in [-0.4, -0.2) is 37.4 Å². The third kappa shape index (κ3) is 8.59. The molecule has 16 heteroatoms. The van der Waals surface area contributed by atoms with E-state index in [0.29, 0.717) is 28.0 Å². The number of halogens is 6. The van der Waals surface area contributed by atoms with Gasteiger partial charge in [0.1, 0.15) is 11.3 Å². The minimum atomic E-state index is -6.86. The lowest BCUT2D eigenvalue weighted by atomic mass is 9.89. The zero-order chi connectivity index (χ0) is 43.4. The molecule has 1 unspecified atom stereocenters. The molecule has 1 heterocycles. The highest BCUT2D eigenvalue weighted by atomic mass is 32.2. The van der Waals surface area contributed by atoms with Crippen molar-refractivity contribution in [1.29, 1.82) is 0 Å². The highest BCUT2D eigenvalue weighted by molar-refractivity contribution is 7.93. The number of carbonyl (C=O) groups excluding carboxylic acids is 2. The second-order valence-electron chi connectivity index (χ2n) is 14.2. The van der Waals surface area contributed by atoms with Crippen molar-refractivity contribution in [2.24, 2.45) is 4.99 Å². The second kappa shape index (κ2) is 15.6. The van der Waals surface area contributed by atoms with Crippen molar-refractivity contribution in [2.45, 2.75) is 65.8 Å². The monoisotopic (exact) mass is 837 g/mol. The summed E-state index contributed by atoms with van der Waals surface area (Å²) in [5, 5.41) is 6.87. The Bertz CT molecular complexity index is 2810. The smallest absolute Gasteiger partial charge is 0.456 e. The maximum atomic E-state index is 13.8. The Labute approximate surface area is 335 Å². The summed E-state index contributed by atoms with van der Waals surface area (Å²) in [6.07, 6.45) is -5.94. The molecule has 0 spiro atoms. The number of rotatable bonds is 9. The van der Waals surface area contributed by atoms with E-state index in [4.69, 9.17) is 9.41 Å². The molecule has 0 saturated carbocycles. The minimum Gasteiger partial charge on any atom is -0.456 e. The number of ether oxygens (including phenoxy) is 1. The molecule has 0 bridgehead atoms. The molecule has 0 aromatic heterocycles. The number of hydrogen-bond donors (Lipinski definition) is 2. The van der Waals surface area contributed by atoms with Crippen LogP contribution in [0.15, 0.2) is 88.3 Å². The molecular weight excluding hydrogens is 801 g/mol. The third-order valence-electron chi connectivity index (χ3n) is 9.65. The number of anilines is 3. The number of ketones is 1. The lowest BCUT2D eigenvalue weighted by Gasteiger charge is -2.22. The van der Waals surface area contributed by atoms with Crippen LogP contribution in [-0.2, 0) is 19.4 Å². The van der Waals surface area contributed by atoms with Gasteiger partial charge in [0.2, 0.25) is 17.1 Å². The molecule has 4 aromatic rings. The van der Waals surface area contributed by atoms with Crippen molar-refractivity contribution < 1.29 is 53.5 Å². The first-order valence-corrected chi connectivity index (χ1v) is 19.5. The van der Waals surface area contributed by atoms with E-state index in [0.717, 1.165) is 39.6 Å². The van der Waals surface area contributed by atoms with Crippen molar-refractivity contribution in [1.82, 2.24) is 0 Å². The Morgan fingerprint density at radius 1 is 0.763 bits per heavy atom. The Kier molecular flexibility index (Phi) is 11.3. The molecule has 9 nitrogen and oxygen atoms in total. The van der Waals surface area contributed by atoms with Gasteiger partial charge in [0.15, 0.2) is 0 Å². The van der Waals surface area contributed by atoms with E-state index >= 15 is 0 Å². The SMILES string of the molecule is CC(=O)Nc1c(C)cc(C)c(N=c2ccc3c(-c4ccccc4C(=O)C(OC(F)(F)F)S(=O)(=O)C(F)(F)F)c4ccc(Nc5c(C)cc(C)cc5C)cc4oc-3c2)c1C. The number of benzene rings is 5. The molecule has 1 atom stereocenters. The van der Waals surface area contributed by atoms with E-state index < -0.39 is 38.5 Å². The minimum absolute atomic E-state index is 0.136. The van der Waals surface area contributed by atoms with Crippen molar-refractivity contribution in [3.63, 3.8) is 0 Å². The van der Waals surface area contributed by atoms with Crippen molar-refractivity contribution in [3.05, 3.63) is 123 Å². The number of hydrogen-bond acceptors (Lipinski definition) is 8. The zero-order valence-electron chi connectivity index (χ0n) is 32.7. The van der Waals surface area contributed by atoms with Gasteiger partial charge in [-0.1, -0.05) is 48.0 Å². The van der Waals surface area contributed by atoms with Crippen LogP contribution in [0.5, 0.6) is 0 Å². The lowest BCUT2D eigenvalue weighted by molar-refractivity contribution is -0.325. The number of aryl methyl sites for hydroxylation is 5. The quantitative estimate of drug-likeness (QED) is 0.0843. The molecule has 4 aromatic carbocycles. The summed E-state index contributed by atoms with van der Waals surface area (Å²) in [5.74, 6) is -2.22. The van der Waals surface area contributed by atoms with Crippen LogP contribution in [0.4, 0.5) is 49.1 Å². The van der Waals surface area contributed by atoms with Gasteiger partial charge >= 0.3 is 11.9 Å². The van der Waals surface area contributed by atoms with Crippen LogP contribution in [0.25, 0.3) is 33.4 Å². The van der Waals surface area contributed by atoms with Gasteiger partial charge in [-0.15, -0.1) is 13.2 Å². The number of nitrogens with one attached hydrogen (secondary N) is 2. The Balaban J connectivity index is 1.63. The van der Waals surface area contributed by atoms with Crippen LogP contribution < -0.4 is 16.0 Å². The topological polar surface area (TPSA) is 127 Å². The summed E-state index contributed by atoms with van der Waals surface area (Å²) in [6, 6.07) is 20.3. The highest BCUT2D eigenvalue weighted by Gasteiger charge is 2.57. The van der Waals surface area contributed by atoms with Crippen molar-refractivity contribution in [3.8, 4) is 22.5 Å². The summed E-state index contributed by atoms with van der Waals surface area (Å²) in [6.45, 7) is 12.7. The molecule has 0 fully saturated rings. The maximum Gasteiger partial charge on any atom is 0.524 e. The Morgan fingerprint density at radius 2 is 1.41 bits per heavy atom. The Morgan fingerprint density at radius 3 is 2.03 bits per heavy atom. The molecule has 0 radical (unpaired) electrons. The number of fused-ring (bicyclic) bond motifs is 2. The van der Waals surface area contributed by atoms with Gasteiger partial charge in [-0.2, -0.15) is 13.2 Å². The predicted molar refractivity (Wildman–Crippen MR) is 213 cm³/mol. The summed E-state index contributed by atoms with van der Waals surface area (Å²) in [4.78, 5) is 30.6. The van der Waals surface area contributed by atoms with Gasteiger partial charge in [-0.05, 0) is 99.2 Å². The van der Waals surface area contributed by atoms with Crippen molar-refractivity contribution >= 4 is 55.2 Å². The summed E-state index contributed by atoms with van der Waals surface area (Å²) in [5.41, 5.74) is -2.94. The van der Waals surface area contributed by atoms with Gasteiger partial charge in [0.05, 0.1) is 11.0 Å². The predicted octanol–water partition coefficient (Wildman–Crippen LogP) is 11.0. The van der Waals surface area contributed by atoms with Crippen LogP contribution in [0.2, 0.25) is 0 Å². The first kappa shape index (κ1) is 42.6. The fraction of sp³-hybridized carbons (Fsp3) is 0.233. The van der Waals surface area contributed by atoms with E-state index in [2.05, 4.69) is 15.4 Å². The number of amides is 1. The van der Waals surface area contributed by atoms with E-state index in [9.17, 15) is 44.3 Å². The zero-order valence-corrected chi connectivity index (χ0v) is 33.5. The lowest BCUT2D eigenvalue weighted by Crippen LogP contribution is -2.44. The number of Topliss-reactive ketones (excluding diaryl/α,β-unsaturated/α-hetero) is 1. The number of sulfone groups is 1. The fourth-order valence-corrected chi connectivity index (χ4v) is 8.11. The molecular formula is C43H37F6N3O6S. The standard InChI is InChI=1S/C43H37F6N3O6S/c1-21-16-22(2)37(23(3)17-21)51-28-12-14-32-34(19-28)57-35-20-29(52-39-25(5)18-24(4)38(26(39)6)50-27(7)53)13-15-33(35)36(32)30-10-8-9-11-31(30)40(54)41(58-42(44,45)46)59(55,56)43(47,48)49/h8-20,41,51H,1-7H3,(H,50,53). The second-order valence-corrected chi connectivity index (χ2v) is 16.2. The highest BCUT2D eigenvalue weighted by Crippen LogP contribution is 2.44. The van der Waals surface area contributed by atoms with E-state index in [1.807, 2.05) is 52.8 Å². The normalized spacial score (nSPS) is 13.2. The number of nitrogens with zero attached hydrogens (tertiary/aromatic N) is 1. The molecule has 2 aliphatic rings. The van der Waals surface area contributed by atoms with Gasteiger partial charge in [-0.3, -0.25) is 14.3 Å². The summed E-state index contributed by atoms with van der Waals surface area (Å²) < 4.78 is 117. The van der Waals surface area contributed by atoms with E-state index in [-0.39, 0.29) is 39.3 Å². The van der Waals surface area contributed by atoms with Crippen LogP contribution >= 0.6 is 0 Å². The molecule has 1 amide bonds. The molecule has 1 aliphatic heterocycles. The largest absolute Gasteiger partial charge is 0.524 e. The maximum absolute atomic E-state index is 13.8. The number of alkyl halides is 6. The Hall–Kier alpha value is -6.00. The number of carbonyl (C=O) groups is 2. The molecule has 0 saturated heterocycles. The molecule has 2 N–H and O–H groups in total. The van der Waals surface area contributed by atoms with Crippen LogP contribution in [0.3, 0.4) is 0 Å². The average Bonchev–Trinajstić information content (AvgIpc) is 3.13. The fourth-order valence-electron chi connectivity index (χ4n) is 7.23. The van der Waals surface area contributed by atoms with Gasteiger partial charge in [0.25, 0.3) is 9.84 Å². The van der Waals surface area contributed by atoms with Crippen LogP contribution in [0.1, 0.15) is 50.7 Å². The molecule has 308 valence electrons. The molecule has 59 heavy (non-hydrogen) atoms.